The lowest BCUT2D eigenvalue weighted by Gasteiger charge is -2.65. The van der Waals surface area contributed by atoms with Crippen LogP contribution < -0.4 is 0 Å². The van der Waals surface area contributed by atoms with Crippen molar-refractivity contribution in [1.82, 2.24) is 4.90 Å². The number of hydrogen-bond acceptors (Lipinski definition) is 6. The molecule has 0 aromatic carbocycles. The maximum atomic E-state index is 12.3. The van der Waals surface area contributed by atoms with E-state index < -0.39 is 5.60 Å². The Kier molecular flexibility index (Phi) is 3.10. The minimum absolute atomic E-state index is 0.0308. The molecule has 6 nitrogen and oxygen atoms in total. The molecule has 2 heterocycles. The smallest absolute Gasteiger partial charge is 0.111 e. The van der Waals surface area contributed by atoms with Crippen LogP contribution in [0.4, 0.5) is 0 Å². The highest BCUT2D eigenvalue weighted by molar-refractivity contribution is 5.37. The number of methoxy groups -OCH3 is 2. The maximum absolute atomic E-state index is 12.3. The van der Waals surface area contributed by atoms with Gasteiger partial charge in [0.05, 0.1) is 30.0 Å². The topological polar surface area (TPSA) is 74.7 Å². The van der Waals surface area contributed by atoms with Gasteiger partial charge in [0, 0.05) is 68.7 Å². The molecule has 0 amide bonds. The third-order valence-electron chi connectivity index (χ3n) is 10.9. The number of aliphatic hydroxyl groups excluding tert-OH is 1. The number of likely N-dealkylation sites (N-methyl/N-ethyl adjacent to an activating group) is 1. The summed E-state index contributed by atoms with van der Waals surface area (Å²) < 4.78 is 18.4. The molecular weight excluding hydrogens is 358 g/mol. The third-order valence-corrected chi connectivity index (χ3v) is 10.9. The molecule has 2 spiro atoms. The second-order valence-corrected chi connectivity index (χ2v) is 10.9. The van der Waals surface area contributed by atoms with Crippen LogP contribution in [0.1, 0.15) is 32.6 Å². The lowest BCUT2D eigenvalue weighted by molar-refractivity contribution is -0.254. The average Bonchev–Trinajstić information content (AvgIpc) is 3.14. The zero-order valence-corrected chi connectivity index (χ0v) is 17.1. The first-order valence-corrected chi connectivity index (χ1v) is 11.3. The van der Waals surface area contributed by atoms with E-state index in [1.54, 1.807) is 14.2 Å². The van der Waals surface area contributed by atoms with Gasteiger partial charge in [-0.25, -0.2) is 0 Å². The summed E-state index contributed by atoms with van der Waals surface area (Å²) >= 11 is 0. The average molecular weight is 392 g/mol. The van der Waals surface area contributed by atoms with Gasteiger partial charge in [-0.2, -0.15) is 0 Å². The molecule has 156 valence electrons. The van der Waals surface area contributed by atoms with Crippen molar-refractivity contribution < 1.29 is 24.4 Å². The number of piperidine rings is 1. The van der Waals surface area contributed by atoms with Crippen LogP contribution in [0.3, 0.4) is 0 Å². The fraction of sp³-hybridized carbons (Fsp3) is 1.00. The molecule has 7 rings (SSSR count). The van der Waals surface area contributed by atoms with Crippen molar-refractivity contribution in [3.63, 3.8) is 0 Å². The molecule has 13 unspecified atom stereocenters. The quantitative estimate of drug-likeness (QED) is 0.688. The van der Waals surface area contributed by atoms with Gasteiger partial charge in [0.2, 0.25) is 0 Å². The van der Waals surface area contributed by atoms with Crippen LogP contribution in [0.2, 0.25) is 0 Å². The van der Waals surface area contributed by atoms with Gasteiger partial charge in [-0.15, -0.1) is 0 Å². The monoisotopic (exact) mass is 391 g/mol. The molecule has 2 saturated heterocycles. The Morgan fingerprint density at radius 3 is 2.68 bits per heavy atom. The number of likely N-dealkylation sites (tertiary alicyclic amines) is 1. The molecule has 7 fully saturated rings. The van der Waals surface area contributed by atoms with Crippen molar-refractivity contribution in [2.24, 2.45) is 35.0 Å². The Bertz CT molecular complexity index is 734. The number of fused-ring (bicyclic) bond motifs is 2. The predicted octanol–water partition coefficient (Wildman–Crippen LogP) is 0.646. The van der Waals surface area contributed by atoms with E-state index in [0.717, 1.165) is 32.4 Å². The van der Waals surface area contributed by atoms with E-state index in [2.05, 4.69) is 11.8 Å². The van der Waals surface area contributed by atoms with Gasteiger partial charge in [0.1, 0.15) is 5.60 Å². The van der Waals surface area contributed by atoms with Crippen LogP contribution >= 0.6 is 0 Å². The van der Waals surface area contributed by atoms with Gasteiger partial charge in [-0.05, 0) is 25.3 Å². The van der Waals surface area contributed by atoms with Crippen molar-refractivity contribution in [3.05, 3.63) is 0 Å². The lowest BCUT2D eigenvalue weighted by atomic mass is 9.46. The van der Waals surface area contributed by atoms with E-state index in [4.69, 9.17) is 14.2 Å². The van der Waals surface area contributed by atoms with Gasteiger partial charge < -0.3 is 24.4 Å². The molecule has 2 N–H and O–H groups in total. The van der Waals surface area contributed by atoms with Crippen molar-refractivity contribution in [1.29, 1.82) is 0 Å². The van der Waals surface area contributed by atoms with Gasteiger partial charge in [0.25, 0.3) is 0 Å². The Hall–Kier alpha value is -0.240. The second kappa shape index (κ2) is 4.97. The number of rotatable bonds is 3. The van der Waals surface area contributed by atoms with Crippen LogP contribution in [-0.4, -0.2) is 84.1 Å². The van der Waals surface area contributed by atoms with Crippen LogP contribution in [0, 0.1) is 35.0 Å². The van der Waals surface area contributed by atoms with E-state index in [1.807, 2.05) is 0 Å². The maximum Gasteiger partial charge on any atom is 0.111 e. The Morgan fingerprint density at radius 1 is 1.14 bits per heavy atom. The van der Waals surface area contributed by atoms with Crippen molar-refractivity contribution >= 4 is 0 Å². The third kappa shape index (κ3) is 1.50. The molecule has 7 aliphatic rings. The van der Waals surface area contributed by atoms with Gasteiger partial charge in [0.15, 0.2) is 0 Å². The molecule has 2 aliphatic heterocycles. The molecule has 28 heavy (non-hydrogen) atoms. The summed E-state index contributed by atoms with van der Waals surface area (Å²) in [7, 11) is 3.58. The summed E-state index contributed by atoms with van der Waals surface area (Å²) in [6, 6.07) is 0.256. The fourth-order valence-corrected chi connectivity index (χ4v) is 10.3. The van der Waals surface area contributed by atoms with Crippen molar-refractivity contribution in [3.8, 4) is 0 Å². The minimum atomic E-state index is -0.769. The van der Waals surface area contributed by atoms with Crippen LogP contribution in [0.25, 0.3) is 0 Å². The summed E-state index contributed by atoms with van der Waals surface area (Å²) in [5.74, 6) is 1.26. The Morgan fingerprint density at radius 2 is 1.96 bits per heavy atom. The first-order valence-electron chi connectivity index (χ1n) is 11.3. The van der Waals surface area contributed by atoms with E-state index >= 15 is 0 Å². The first-order chi connectivity index (χ1) is 13.5. The normalized spacial score (nSPS) is 68.0. The Labute approximate surface area is 166 Å². The van der Waals surface area contributed by atoms with E-state index in [-0.39, 0.29) is 59.2 Å². The molecular formula is C22H33NO5. The van der Waals surface area contributed by atoms with E-state index in [9.17, 15) is 10.2 Å². The number of aliphatic hydroxyl groups is 2. The zero-order chi connectivity index (χ0) is 19.2. The summed E-state index contributed by atoms with van der Waals surface area (Å²) in [5, 5.41) is 24.0. The highest BCUT2D eigenvalue weighted by Crippen LogP contribution is 2.80. The molecule has 0 radical (unpaired) electrons. The number of ether oxygens (including phenoxy) is 3. The summed E-state index contributed by atoms with van der Waals surface area (Å²) in [4.78, 5) is 2.57. The van der Waals surface area contributed by atoms with Crippen LogP contribution in [-0.2, 0) is 14.2 Å². The summed E-state index contributed by atoms with van der Waals surface area (Å²) in [6.07, 6.45) is 3.41. The van der Waals surface area contributed by atoms with E-state index in [1.165, 1.54) is 0 Å². The highest BCUT2D eigenvalue weighted by atomic mass is 16.6. The SMILES string of the molecule is CCN1CC23OC2CC(O)C24C5CC6C(OC)CC(O)(C(CC32)C14)C5C6OC. The highest BCUT2D eigenvalue weighted by Gasteiger charge is 2.88. The van der Waals surface area contributed by atoms with Crippen molar-refractivity contribution in [2.45, 2.75) is 74.3 Å². The van der Waals surface area contributed by atoms with Crippen molar-refractivity contribution in [2.75, 3.05) is 27.3 Å². The van der Waals surface area contributed by atoms with Gasteiger partial charge >= 0.3 is 0 Å². The number of epoxide rings is 1. The number of hydrogen-bond donors (Lipinski definition) is 2. The molecule has 5 aliphatic carbocycles. The molecule has 6 heteroatoms. The minimum Gasteiger partial charge on any atom is -0.392 e. The second-order valence-electron chi connectivity index (χ2n) is 10.9. The molecule has 7 bridgehead atoms. The van der Waals surface area contributed by atoms with Gasteiger partial charge in [-0.3, -0.25) is 4.90 Å². The largest absolute Gasteiger partial charge is 0.392 e. The molecule has 13 atom stereocenters. The molecule has 0 aromatic rings. The van der Waals surface area contributed by atoms with Crippen LogP contribution in [0.15, 0.2) is 0 Å². The van der Waals surface area contributed by atoms with E-state index in [0.29, 0.717) is 18.3 Å². The lowest BCUT2D eigenvalue weighted by Crippen LogP contribution is -2.75. The fourth-order valence-electron chi connectivity index (χ4n) is 10.3. The summed E-state index contributed by atoms with van der Waals surface area (Å²) in [5.41, 5.74) is -0.997. The number of nitrogens with zero attached hydrogens (tertiary/aromatic N) is 1. The zero-order valence-electron chi connectivity index (χ0n) is 17.1. The Balaban J connectivity index is 1.47. The molecule has 0 aromatic heterocycles. The van der Waals surface area contributed by atoms with Crippen LogP contribution in [0.5, 0.6) is 0 Å². The molecule has 5 saturated carbocycles. The first kappa shape index (κ1) is 17.4. The summed E-state index contributed by atoms with van der Waals surface area (Å²) in [6.45, 7) is 4.16. The standard InChI is InChI=1S/C22H33NO5/c1-4-23-9-21-14-6-12-19(23)22(14,15(24)7-16(21)28-21)11-5-10-13(26-2)8-20(12,25)17(11)18(10)27-3/h10-19,24-25H,4-9H2,1-3H3. The van der Waals surface area contributed by atoms with Gasteiger partial charge in [-0.1, -0.05) is 6.92 Å². The predicted molar refractivity (Wildman–Crippen MR) is 99.5 cm³/mol.